The minimum atomic E-state index is -1.13. The van der Waals surface area contributed by atoms with Crippen molar-refractivity contribution in [3.63, 3.8) is 0 Å². The zero-order valence-corrected chi connectivity index (χ0v) is 16.0. The topological polar surface area (TPSA) is 110 Å². The summed E-state index contributed by atoms with van der Waals surface area (Å²) < 4.78 is 5.32. The molecule has 0 aromatic carbocycles. The molecule has 0 radical (unpaired) electrons. The number of nitrogens with zero attached hydrogens (tertiary/aromatic N) is 1. The first-order chi connectivity index (χ1) is 12.5. The Labute approximate surface area is 156 Å². The fourth-order valence-electron chi connectivity index (χ4n) is 3.27. The molecule has 1 aliphatic heterocycles. The highest BCUT2D eigenvalue weighted by molar-refractivity contribution is 5.90. The normalized spacial score (nSPS) is 17.9. The second-order valence-corrected chi connectivity index (χ2v) is 7.04. The first kappa shape index (κ1) is 22.4. The highest BCUT2D eigenvalue weighted by Gasteiger charge is 2.37. The molecule has 0 saturated carbocycles. The maximum absolute atomic E-state index is 12.2. The van der Waals surface area contributed by atoms with E-state index in [1.54, 1.807) is 0 Å². The summed E-state index contributed by atoms with van der Waals surface area (Å²) in [4.78, 5) is 36.6. The molecule has 0 unspecified atom stereocenters. The average Bonchev–Trinajstić information content (AvgIpc) is 3.08. The molecule has 0 aromatic rings. The molecule has 0 bridgehead atoms. The van der Waals surface area contributed by atoms with Crippen LogP contribution in [0, 0.1) is 0 Å². The van der Waals surface area contributed by atoms with Crippen LogP contribution in [-0.4, -0.2) is 53.1 Å². The Balaban J connectivity index is 2.24. The van der Waals surface area contributed by atoms with Crippen molar-refractivity contribution in [2.75, 3.05) is 13.2 Å². The van der Waals surface area contributed by atoms with Crippen LogP contribution in [0.4, 0.5) is 0 Å². The number of carbonyl (C=O) groups excluding carboxylic acids is 2. The fourth-order valence-corrected chi connectivity index (χ4v) is 3.27. The van der Waals surface area contributed by atoms with Crippen molar-refractivity contribution in [1.29, 1.82) is 0 Å². The van der Waals surface area contributed by atoms with Crippen LogP contribution < -0.4 is 5.73 Å². The lowest BCUT2D eigenvalue weighted by molar-refractivity contribution is -0.154. The highest BCUT2D eigenvalue weighted by atomic mass is 16.5. The Hall–Kier alpha value is -1.63. The first-order valence-electron chi connectivity index (χ1n) is 9.91. The molecule has 1 fully saturated rings. The maximum Gasteiger partial charge on any atom is 0.328 e. The summed E-state index contributed by atoms with van der Waals surface area (Å²) in [6.45, 7) is 2.99. The number of rotatable bonds is 13. The van der Waals surface area contributed by atoms with E-state index < -0.39 is 36.4 Å². The van der Waals surface area contributed by atoms with Gasteiger partial charge in [-0.2, -0.15) is 0 Å². The Kier molecular flexibility index (Phi) is 10.9. The van der Waals surface area contributed by atoms with Crippen LogP contribution in [0.5, 0.6) is 0 Å². The highest BCUT2D eigenvalue weighted by Crippen LogP contribution is 2.20. The molecular weight excluding hydrogens is 336 g/mol. The van der Waals surface area contributed by atoms with Gasteiger partial charge in [-0.3, -0.25) is 9.59 Å². The SMILES string of the molecule is CCCCCCCCCCOC(=O)[C@@H]1CCCN1C(=O)[C@@H](N)CC(=O)O. The molecule has 1 heterocycles. The molecule has 2 atom stereocenters. The number of carboxylic acids is 1. The van der Waals surface area contributed by atoms with Gasteiger partial charge in [0.1, 0.15) is 6.04 Å². The van der Waals surface area contributed by atoms with Crippen LogP contribution in [0.25, 0.3) is 0 Å². The van der Waals surface area contributed by atoms with Gasteiger partial charge in [-0.25, -0.2) is 4.79 Å². The Morgan fingerprint density at radius 2 is 1.73 bits per heavy atom. The molecule has 0 aromatic heterocycles. The standard InChI is InChI=1S/C19H34N2O5/c1-2-3-4-5-6-7-8-9-13-26-19(25)16-11-10-12-21(16)18(24)15(20)14-17(22)23/h15-16H,2-14,20H2,1H3,(H,22,23)/t15-,16-/m0/s1. The van der Waals surface area contributed by atoms with Gasteiger partial charge in [0.25, 0.3) is 0 Å². The van der Waals surface area contributed by atoms with E-state index in [0.717, 1.165) is 19.3 Å². The largest absolute Gasteiger partial charge is 0.481 e. The van der Waals surface area contributed by atoms with Crippen LogP contribution >= 0.6 is 0 Å². The minimum absolute atomic E-state index is 0.369. The Bertz CT molecular complexity index is 455. The van der Waals surface area contributed by atoms with Gasteiger partial charge in [-0.15, -0.1) is 0 Å². The average molecular weight is 370 g/mol. The molecule has 3 N–H and O–H groups in total. The van der Waals surface area contributed by atoms with Crippen molar-refractivity contribution in [2.45, 2.75) is 89.6 Å². The predicted octanol–water partition coefficient (Wildman–Crippen LogP) is 2.46. The van der Waals surface area contributed by atoms with E-state index in [1.165, 1.54) is 37.0 Å². The Morgan fingerprint density at radius 1 is 1.12 bits per heavy atom. The van der Waals surface area contributed by atoms with E-state index >= 15 is 0 Å². The van der Waals surface area contributed by atoms with Crippen LogP contribution in [0.2, 0.25) is 0 Å². The van der Waals surface area contributed by atoms with Crippen molar-refractivity contribution >= 4 is 17.8 Å². The zero-order chi connectivity index (χ0) is 19.4. The predicted molar refractivity (Wildman–Crippen MR) is 98.5 cm³/mol. The molecule has 26 heavy (non-hydrogen) atoms. The summed E-state index contributed by atoms with van der Waals surface area (Å²) in [5, 5.41) is 8.76. The van der Waals surface area contributed by atoms with E-state index in [1.807, 2.05) is 0 Å². The van der Waals surface area contributed by atoms with Gasteiger partial charge in [0, 0.05) is 6.54 Å². The summed E-state index contributed by atoms with van der Waals surface area (Å²) in [6, 6.07) is -1.75. The van der Waals surface area contributed by atoms with Gasteiger partial charge in [0.15, 0.2) is 0 Å². The molecule has 1 amide bonds. The molecule has 0 spiro atoms. The van der Waals surface area contributed by atoms with Crippen molar-refractivity contribution in [3.05, 3.63) is 0 Å². The monoisotopic (exact) mass is 370 g/mol. The number of carbonyl (C=O) groups is 3. The molecule has 7 nitrogen and oxygen atoms in total. The number of hydrogen-bond donors (Lipinski definition) is 2. The van der Waals surface area contributed by atoms with E-state index in [4.69, 9.17) is 15.6 Å². The first-order valence-corrected chi connectivity index (χ1v) is 9.91. The lowest BCUT2D eigenvalue weighted by Gasteiger charge is -2.25. The van der Waals surface area contributed by atoms with Crippen LogP contribution in [-0.2, 0) is 19.1 Å². The molecule has 150 valence electrons. The number of aliphatic carboxylic acids is 1. The molecule has 7 heteroatoms. The number of ether oxygens (including phenoxy) is 1. The summed E-state index contributed by atoms with van der Waals surface area (Å²) in [5.74, 6) is -2.01. The molecular formula is C19H34N2O5. The van der Waals surface area contributed by atoms with Crippen molar-refractivity contribution < 1.29 is 24.2 Å². The van der Waals surface area contributed by atoms with Gasteiger partial charge in [-0.1, -0.05) is 51.9 Å². The lowest BCUT2D eigenvalue weighted by atomic mass is 10.1. The number of nitrogens with two attached hydrogens (primary N) is 1. The zero-order valence-electron chi connectivity index (χ0n) is 16.0. The summed E-state index contributed by atoms with van der Waals surface area (Å²) >= 11 is 0. The van der Waals surface area contributed by atoms with Crippen molar-refractivity contribution in [2.24, 2.45) is 5.73 Å². The van der Waals surface area contributed by atoms with Gasteiger partial charge >= 0.3 is 11.9 Å². The second kappa shape index (κ2) is 12.7. The third-order valence-corrected chi connectivity index (χ3v) is 4.76. The van der Waals surface area contributed by atoms with Crippen molar-refractivity contribution in [3.8, 4) is 0 Å². The number of carboxylic acid groups (broad SMARTS) is 1. The molecule has 0 aliphatic carbocycles. The quantitative estimate of drug-likeness (QED) is 0.381. The molecule has 1 aliphatic rings. The molecule has 1 saturated heterocycles. The number of unbranched alkanes of at least 4 members (excludes halogenated alkanes) is 7. The smallest absolute Gasteiger partial charge is 0.328 e. The number of hydrogen-bond acceptors (Lipinski definition) is 5. The Morgan fingerprint density at radius 3 is 2.35 bits per heavy atom. The lowest BCUT2D eigenvalue weighted by Crippen LogP contribution is -2.49. The van der Waals surface area contributed by atoms with Gasteiger partial charge in [0.2, 0.25) is 5.91 Å². The van der Waals surface area contributed by atoms with E-state index in [-0.39, 0.29) is 0 Å². The van der Waals surface area contributed by atoms with Crippen LogP contribution in [0.15, 0.2) is 0 Å². The number of likely N-dealkylation sites (tertiary alicyclic amines) is 1. The summed E-state index contributed by atoms with van der Waals surface area (Å²) in [7, 11) is 0. The second-order valence-electron chi connectivity index (χ2n) is 7.04. The molecule has 1 rings (SSSR count). The third kappa shape index (κ3) is 8.17. The summed E-state index contributed by atoms with van der Waals surface area (Å²) in [6.07, 6.45) is 10.2. The minimum Gasteiger partial charge on any atom is -0.481 e. The van der Waals surface area contributed by atoms with Gasteiger partial charge in [-0.05, 0) is 19.3 Å². The van der Waals surface area contributed by atoms with Crippen molar-refractivity contribution in [1.82, 2.24) is 4.90 Å². The third-order valence-electron chi connectivity index (χ3n) is 4.76. The van der Waals surface area contributed by atoms with Gasteiger partial charge in [0.05, 0.1) is 19.1 Å². The van der Waals surface area contributed by atoms with E-state index in [9.17, 15) is 14.4 Å². The van der Waals surface area contributed by atoms with Crippen LogP contribution in [0.3, 0.4) is 0 Å². The summed E-state index contributed by atoms with van der Waals surface area (Å²) in [5.41, 5.74) is 5.63. The fraction of sp³-hybridized carbons (Fsp3) is 0.842. The number of esters is 1. The van der Waals surface area contributed by atoms with Crippen LogP contribution in [0.1, 0.15) is 77.6 Å². The maximum atomic E-state index is 12.2. The van der Waals surface area contributed by atoms with E-state index in [0.29, 0.717) is 26.0 Å². The number of amides is 1. The van der Waals surface area contributed by atoms with Gasteiger partial charge < -0.3 is 20.5 Å². The van der Waals surface area contributed by atoms with E-state index in [2.05, 4.69) is 6.92 Å².